The molecule has 0 aliphatic heterocycles. The molecule has 1 aliphatic carbocycles. The molecule has 1 fully saturated rings. The van der Waals surface area contributed by atoms with Crippen LogP contribution in [0.4, 0.5) is 0 Å². The Balaban J connectivity index is 1.79. The number of rotatable bonds is 8. The molecule has 0 amide bonds. The Bertz CT molecular complexity index is 130. The lowest BCUT2D eigenvalue weighted by molar-refractivity contribution is 0.0514. The predicted octanol–water partition coefficient (Wildman–Crippen LogP) is 3.36. The Morgan fingerprint density at radius 3 is 2.40 bits per heavy atom. The van der Waals surface area contributed by atoms with Crippen LogP contribution in [0.5, 0.6) is 0 Å². The van der Waals surface area contributed by atoms with Crippen molar-refractivity contribution in [1.29, 1.82) is 0 Å². The van der Waals surface area contributed by atoms with Gasteiger partial charge in [-0.2, -0.15) is 0 Å². The summed E-state index contributed by atoms with van der Waals surface area (Å²) in [6.45, 7) is 5.20. The van der Waals surface area contributed by atoms with Crippen LogP contribution in [0.25, 0.3) is 0 Å². The molecule has 0 spiro atoms. The van der Waals surface area contributed by atoms with Gasteiger partial charge in [0.05, 0.1) is 13.2 Å². The first-order valence-electron chi connectivity index (χ1n) is 6.42. The maximum absolute atomic E-state index is 5.49. The fourth-order valence-corrected chi connectivity index (χ4v) is 2.09. The molecule has 2 heteroatoms. The monoisotopic (exact) mass is 213 g/mol. The van der Waals surface area contributed by atoms with Gasteiger partial charge in [-0.25, -0.2) is 0 Å². The minimum absolute atomic E-state index is 0.743. The van der Waals surface area contributed by atoms with Crippen LogP contribution in [-0.2, 0) is 9.47 Å². The highest BCUT2D eigenvalue weighted by atomic mass is 16.5. The maximum atomic E-state index is 5.49. The molecule has 2 nitrogen and oxygen atoms in total. The highest BCUT2D eigenvalue weighted by molar-refractivity contribution is 4.91. The van der Waals surface area contributed by atoms with Gasteiger partial charge in [-0.15, -0.1) is 0 Å². The Morgan fingerprint density at radius 1 is 0.933 bits per heavy atom. The van der Waals surface area contributed by atoms with Crippen LogP contribution in [0.1, 0.15) is 51.9 Å². The van der Waals surface area contributed by atoms with Gasteiger partial charge in [-0.3, -0.25) is 0 Å². The molecule has 0 aromatic heterocycles. The summed E-state index contributed by atoms with van der Waals surface area (Å²) in [7, 11) is 0. The molecule has 0 aromatic rings. The van der Waals surface area contributed by atoms with Crippen molar-refractivity contribution in [3.8, 4) is 0 Å². The fourth-order valence-electron chi connectivity index (χ4n) is 2.09. The number of hydrogen-bond donors (Lipinski definition) is 0. The third-order valence-corrected chi connectivity index (χ3v) is 2.96. The molecular weight excluding hydrogens is 188 g/mol. The van der Waals surface area contributed by atoms with Crippen LogP contribution >= 0.6 is 0 Å². The summed E-state index contributed by atoms with van der Waals surface area (Å²) in [5.74, 6) is 1.77. The van der Waals surface area contributed by atoms with Crippen LogP contribution in [-0.4, -0.2) is 26.4 Å². The van der Waals surface area contributed by atoms with Crippen molar-refractivity contribution in [1.82, 2.24) is 0 Å². The van der Waals surface area contributed by atoms with E-state index in [9.17, 15) is 0 Å². The molecular formula is C13H25O2. The lowest BCUT2D eigenvalue weighted by Crippen LogP contribution is -2.08. The first-order valence-corrected chi connectivity index (χ1v) is 6.42. The van der Waals surface area contributed by atoms with E-state index in [1.54, 1.807) is 5.92 Å². The predicted molar refractivity (Wildman–Crippen MR) is 62.9 cm³/mol. The molecule has 0 saturated heterocycles. The zero-order chi connectivity index (χ0) is 10.8. The van der Waals surface area contributed by atoms with Gasteiger partial charge in [0.15, 0.2) is 0 Å². The van der Waals surface area contributed by atoms with E-state index in [0.29, 0.717) is 0 Å². The number of ether oxygens (including phenoxy) is 2. The minimum Gasteiger partial charge on any atom is -0.379 e. The third kappa shape index (κ3) is 6.91. The van der Waals surface area contributed by atoms with Crippen LogP contribution in [0.3, 0.4) is 0 Å². The average Bonchev–Trinajstić information content (AvgIpc) is 2.29. The Morgan fingerprint density at radius 2 is 1.67 bits per heavy atom. The average molecular weight is 213 g/mol. The molecule has 0 unspecified atom stereocenters. The summed E-state index contributed by atoms with van der Waals surface area (Å²) >= 11 is 0. The van der Waals surface area contributed by atoms with Crippen molar-refractivity contribution >= 4 is 0 Å². The van der Waals surface area contributed by atoms with Gasteiger partial charge in [0.1, 0.15) is 0 Å². The van der Waals surface area contributed by atoms with Gasteiger partial charge in [0.2, 0.25) is 0 Å². The lowest BCUT2D eigenvalue weighted by Gasteiger charge is -2.20. The molecule has 1 radical (unpaired) electrons. The van der Waals surface area contributed by atoms with E-state index >= 15 is 0 Å². The van der Waals surface area contributed by atoms with Gasteiger partial charge < -0.3 is 9.47 Å². The summed E-state index contributed by atoms with van der Waals surface area (Å²) in [5, 5.41) is 0. The van der Waals surface area contributed by atoms with Crippen LogP contribution in [0.2, 0.25) is 0 Å². The second-order valence-corrected chi connectivity index (χ2v) is 4.22. The van der Waals surface area contributed by atoms with Crippen molar-refractivity contribution < 1.29 is 9.47 Å². The molecule has 0 bridgehead atoms. The molecule has 15 heavy (non-hydrogen) atoms. The smallest absolute Gasteiger partial charge is 0.0700 e. The highest BCUT2D eigenvalue weighted by Crippen LogP contribution is 2.28. The Hall–Kier alpha value is -0.0800. The molecule has 0 N–H and O–H groups in total. The van der Waals surface area contributed by atoms with Crippen molar-refractivity contribution in [2.24, 2.45) is 0 Å². The molecule has 0 aromatic carbocycles. The van der Waals surface area contributed by atoms with Crippen molar-refractivity contribution in [2.75, 3.05) is 26.4 Å². The van der Waals surface area contributed by atoms with Gasteiger partial charge in [0.25, 0.3) is 0 Å². The fraction of sp³-hybridized carbons (Fsp3) is 0.923. The van der Waals surface area contributed by atoms with Gasteiger partial charge in [0, 0.05) is 13.2 Å². The van der Waals surface area contributed by atoms with E-state index in [1.165, 1.54) is 44.9 Å². The Labute approximate surface area is 94.3 Å². The minimum atomic E-state index is 0.743. The molecule has 0 heterocycles. The molecule has 1 saturated carbocycles. The topological polar surface area (TPSA) is 18.5 Å². The molecule has 1 rings (SSSR count). The second kappa shape index (κ2) is 9.17. The van der Waals surface area contributed by atoms with E-state index < -0.39 is 0 Å². The van der Waals surface area contributed by atoms with Crippen molar-refractivity contribution in [3.05, 3.63) is 5.92 Å². The Kier molecular flexibility index (Phi) is 7.94. The molecule has 89 valence electrons. The summed E-state index contributed by atoms with van der Waals surface area (Å²) in [6.07, 6.45) is 9.50. The molecule has 0 atom stereocenters. The maximum Gasteiger partial charge on any atom is 0.0700 e. The summed E-state index contributed by atoms with van der Waals surface area (Å²) in [4.78, 5) is 0. The lowest BCUT2D eigenvalue weighted by atomic mass is 9.86. The summed E-state index contributed by atoms with van der Waals surface area (Å²) in [6, 6.07) is 0. The van der Waals surface area contributed by atoms with Crippen LogP contribution < -0.4 is 0 Å². The first kappa shape index (κ1) is 13.0. The van der Waals surface area contributed by atoms with Gasteiger partial charge in [-0.05, 0) is 38.5 Å². The second-order valence-electron chi connectivity index (χ2n) is 4.22. The number of hydrogen-bond acceptors (Lipinski definition) is 2. The van der Waals surface area contributed by atoms with Gasteiger partial charge in [-0.1, -0.05) is 19.3 Å². The van der Waals surface area contributed by atoms with E-state index in [4.69, 9.17) is 9.47 Å². The third-order valence-electron chi connectivity index (χ3n) is 2.96. The quantitative estimate of drug-likeness (QED) is 0.576. The van der Waals surface area contributed by atoms with Crippen molar-refractivity contribution in [2.45, 2.75) is 51.9 Å². The normalized spacial score (nSPS) is 18.2. The van der Waals surface area contributed by atoms with E-state index in [-0.39, 0.29) is 0 Å². The standard InChI is InChI=1S/C13H25O2/c1-2-14-11-12-15-10-6-9-13-7-4-3-5-8-13/h2-12H2,1H3. The highest BCUT2D eigenvalue weighted by Gasteiger charge is 2.12. The van der Waals surface area contributed by atoms with Crippen LogP contribution in [0, 0.1) is 5.92 Å². The summed E-state index contributed by atoms with van der Waals surface area (Å²) < 4.78 is 10.7. The van der Waals surface area contributed by atoms with E-state index in [1.807, 2.05) is 6.92 Å². The SMILES string of the molecule is CCOCCOCCC[C]1CCCCC1. The summed E-state index contributed by atoms with van der Waals surface area (Å²) in [5.41, 5.74) is 0. The van der Waals surface area contributed by atoms with Crippen LogP contribution in [0.15, 0.2) is 0 Å². The van der Waals surface area contributed by atoms with E-state index in [0.717, 1.165) is 26.4 Å². The zero-order valence-electron chi connectivity index (χ0n) is 10.1. The van der Waals surface area contributed by atoms with E-state index in [2.05, 4.69) is 0 Å². The van der Waals surface area contributed by atoms with Crippen molar-refractivity contribution in [3.63, 3.8) is 0 Å². The zero-order valence-corrected chi connectivity index (χ0v) is 10.1. The molecule has 1 aliphatic rings. The largest absolute Gasteiger partial charge is 0.379 e. The first-order chi connectivity index (χ1) is 7.43. The van der Waals surface area contributed by atoms with Gasteiger partial charge >= 0.3 is 0 Å².